The molecule has 0 unspecified atom stereocenters. The van der Waals surface area contributed by atoms with E-state index >= 15 is 0 Å². The monoisotopic (exact) mass is 751 g/mol. The van der Waals surface area contributed by atoms with Gasteiger partial charge in [0.1, 0.15) is 0 Å². The molecule has 57 heavy (non-hydrogen) atoms. The molecule has 0 nitrogen and oxygen atoms in total. The molecule has 0 aliphatic heterocycles. The summed E-state index contributed by atoms with van der Waals surface area (Å²) in [5, 5.41) is 7.77. The summed E-state index contributed by atoms with van der Waals surface area (Å²) in [6, 6.07) is 53.0. The molecule has 0 atom stereocenters. The van der Waals surface area contributed by atoms with Crippen LogP contribution < -0.4 is 0 Å². The topological polar surface area (TPSA) is 0 Å². The lowest BCUT2D eigenvalue weighted by atomic mass is 9.87. The molecule has 0 amide bonds. The Hall–Kier alpha value is -5.72. The molecular formula is C57H66. The molecule has 0 bridgehead atoms. The van der Waals surface area contributed by atoms with Crippen molar-refractivity contribution in [1.82, 2.24) is 0 Å². The SMILES string of the molecule is C=C(/C=C(/c1ccccc1)c1ccccc1-c1cccc(-c2ccc3c4ccccc4c4ccccc4c3c2)c1)C1=CC=CCC1.CC.CC.CC.CC.CCC. The Morgan fingerprint density at radius 2 is 1.00 bits per heavy atom. The van der Waals surface area contributed by atoms with Crippen molar-refractivity contribution in [3.63, 3.8) is 0 Å². The van der Waals surface area contributed by atoms with Crippen molar-refractivity contribution in [1.29, 1.82) is 0 Å². The molecule has 1 aliphatic rings. The molecule has 0 saturated carbocycles. The van der Waals surface area contributed by atoms with E-state index in [-0.39, 0.29) is 0 Å². The summed E-state index contributed by atoms with van der Waals surface area (Å²) < 4.78 is 0. The van der Waals surface area contributed by atoms with Crippen molar-refractivity contribution in [3.8, 4) is 22.3 Å². The van der Waals surface area contributed by atoms with Gasteiger partial charge in [0, 0.05) is 0 Å². The van der Waals surface area contributed by atoms with Crippen molar-refractivity contribution in [2.75, 3.05) is 0 Å². The van der Waals surface area contributed by atoms with E-state index in [1.165, 1.54) is 83.3 Å². The number of rotatable bonds is 6. The lowest BCUT2D eigenvalue weighted by Crippen LogP contribution is -1.96. The lowest BCUT2D eigenvalue weighted by Gasteiger charge is -2.17. The number of hydrogen-bond donors (Lipinski definition) is 0. The van der Waals surface area contributed by atoms with Crippen LogP contribution in [0.15, 0.2) is 188 Å². The number of fused-ring (bicyclic) bond motifs is 6. The zero-order valence-electron chi connectivity index (χ0n) is 36.5. The minimum atomic E-state index is 1.02. The largest absolute Gasteiger partial charge is 0.0915 e. The highest BCUT2D eigenvalue weighted by Crippen LogP contribution is 2.39. The van der Waals surface area contributed by atoms with Gasteiger partial charge in [0.25, 0.3) is 0 Å². The number of allylic oxidation sites excluding steroid dienone is 6. The Labute approximate surface area is 346 Å². The maximum Gasteiger partial charge on any atom is -0.00928 e. The Morgan fingerprint density at radius 3 is 1.58 bits per heavy atom. The second-order valence-electron chi connectivity index (χ2n) is 12.8. The second-order valence-corrected chi connectivity index (χ2v) is 12.8. The summed E-state index contributed by atoms with van der Waals surface area (Å²) in [5.74, 6) is 0. The van der Waals surface area contributed by atoms with Gasteiger partial charge < -0.3 is 0 Å². The fourth-order valence-corrected chi connectivity index (χ4v) is 6.99. The van der Waals surface area contributed by atoms with Crippen LogP contribution in [0.1, 0.15) is 99.6 Å². The zero-order valence-corrected chi connectivity index (χ0v) is 36.5. The predicted octanol–water partition coefficient (Wildman–Crippen LogP) is 18.3. The Balaban J connectivity index is 0.000000727. The van der Waals surface area contributed by atoms with Crippen molar-refractivity contribution in [2.45, 2.75) is 88.5 Å². The molecule has 294 valence electrons. The van der Waals surface area contributed by atoms with E-state index in [0.717, 1.165) is 18.4 Å². The molecule has 1 aliphatic carbocycles. The molecule has 0 saturated heterocycles. The third-order valence-electron chi connectivity index (χ3n) is 9.30. The number of hydrogen-bond acceptors (Lipinski definition) is 0. The Morgan fingerprint density at radius 1 is 0.509 bits per heavy atom. The predicted molar refractivity (Wildman–Crippen MR) is 260 cm³/mol. The molecule has 7 aromatic rings. The first-order chi connectivity index (χ1) is 28.2. The minimum absolute atomic E-state index is 1.02. The van der Waals surface area contributed by atoms with Gasteiger partial charge >= 0.3 is 0 Å². The summed E-state index contributed by atoms with van der Waals surface area (Å²) in [7, 11) is 0. The van der Waals surface area contributed by atoms with Crippen LogP contribution in [0, 0.1) is 0 Å². The molecule has 0 spiro atoms. The lowest BCUT2D eigenvalue weighted by molar-refractivity contribution is 0.979. The molecule has 0 radical (unpaired) electrons. The van der Waals surface area contributed by atoms with Gasteiger partial charge in [0.15, 0.2) is 0 Å². The molecule has 0 N–H and O–H groups in total. The average Bonchev–Trinajstić information content (AvgIpc) is 3.31. The van der Waals surface area contributed by atoms with Gasteiger partial charge in [-0.15, -0.1) is 0 Å². The second kappa shape index (κ2) is 24.7. The highest BCUT2D eigenvalue weighted by Gasteiger charge is 2.15. The fraction of sp³-hybridized carbons (Fsp3) is 0.228. The van der Waals surface area contributed by atoms with Gasteiger partial charge in [0.2, 0.25) is 0 Å². The Kier molecular flexibility index (Phi) is 19.8. The number of benzene rings is 7. The van der Waals surface area contributed by atoms with Gasteiger partial charge in [0.05, 0.1) is 0 Å². The first kappa shape index (κ1) is 45.7. The highest BCUT2D eigenvalue weighted by atomic mass is 14.2. The Bertz CT molecular complexity index is 2340. The van der Waals surface area contributed by atoms with Crippen molar-refractivity contribution < 1.29 is 0 Å². The summed E-state index contributed by atoms with van der Waals surface area (Å²) in [6.07, 6.45) is 12.2. The van der Waals surface area contributed by atoms with Crippen LogP contribution in [0.3, 0.4) is 0 Å². The normalized spacial score (nSPS) is 11.5. The standard InChI is InChI=1S/C46H34.C3H8.4C2H6/c1-32(33-15-4-2-5-16-33)29-45(34-17-6-3-7-18-34)39-22-9-8-21-38(39)37-20-14-19-35(30-37)36-27-28-44-42-25-11-10-23-40(42)41-24-12-13-26-43(41)46(44)31-36;1-3-2;4*1-2/h2-4,6-15,17-31H,1,5,16H2;3H2,1-2H3;4*1-2H3/b45-29-;;;;;. The fourth-order valence-electron chi connectivity index (χ4n) is 6.99. The molecule has 0 aromatic heterocycles. The minimum Gasteiger partial charge on any atom is -0.0915 e. The van der Waals surface area contributed by atoms with Crippen LogP contribution in [0.4, 0.5) is 0 Å². The average molecular weight is 751 g/mol. The third-order valence-corrected chi connectivity index (χ3v) is 9.30. The van der Waals surface area contributed by atoms with Crippen LogP contribution in [-0.4, -0.2) is 0 Å². The van der Waals surface area contributed by atoms with Crippen LogP contribution >= 0.6 is 0 Å². The first-order valence-corrected chi connectivity index (χ1v) is 21.5. The van der Waals surface area contributed by atoms with Gasteiger partial charge in [-0.25, -0.2) is 0 Å². The van der Waals surface area contributed by atoms with Gasteiger partial charge in [-0.3, -0.25) is 0 Å². The van der Waals surface area contributed by atoms with Crippen molar-refractivity contribution >= 4 is 37.9 Å². The molecule has 8 rings (SSSR count). The summed E-state index contributed by atoms with van der Waals surface area (Å²) in [5.41, 5.74) is 10.8. The summed E-state index contributed by atoms with van der Waals surface area (Å²) >= 11 is 0. The molecule has 0 fully saturated rings. The van der Waals surface area contributed by atoms with Crippen LogP contribution in [0.2, 0.25) is 0 Å². The summed E-state index contributed by atoms with van der Waals surface area (Å²) in [6.45, 7) is 24.8. The third kappa shape index (κ3) is 11.2. The van der Waals surface area contributed by atoms with E-state index < -0.39 is 0 Å². The van der Waals surface area contributed by atoms with E-state index in [1.807, 2.05) is 55.4 Å². The van der Waals surface area contributed by atoms with E-state index in [9.17, 15) is 0 Å². The van der Waals surface area contributed by atoms with Crippen LogP contribution in [0.5, 0.6) is 0 Å². The van der Waals surface area contributed by atoms with Crippen molar-refractivity contribution in [2.24, 2.45) is 0 Å². The molecule has 0 heteroatoms. The van der Waals surface area contributed by atoms with Gasteiger partial charge in [-0.05, 0) is 113 Å². The molecule has 7 aromatic carbocycles. The smallest absolute Gasteiger partial charge is 0.00928 e. The van der Waals surface area contributed by atoms with E-state index in [2.05, 4.69) is 190 Å². The van der Waals surface area contributed by atoms with E-state index in [0.29, 0.717) is 0 Å². The van der Waals surface area contributed by atoms with Crippen LogP contribution in [0.25, 0.3) is 60.1 Å². The van der Waals surface area contributed by atoms with Crippen LogP contribution in [-0.2, 0) is 0 Å². The zero-order chi connectivity index (χ0) is 41.6. The highest BCUT2D eigenvalue weighted by molar-refractivity contribution is 6.25. The molecule has 0 heterocycles. The van der Waals surface area contributed by atoms with Crippen molar-refractivity contribution in [3.05, 3.63) is 199 Å². The van der Waals surface area contributed by atoms with E-state index in [1.54, 1.807) is 0 Å². The maximum atomic E-state index is 4.51. The summed E-state index contributed by atoms with van der Waals surface area (Å²) in [4.78, 5) is 0. The van der Waals surface area contributed by atoms with E-state index in [4.69, 9.17) is 0 Å². The quantitative estimate of drug-likeness (QED) is 0.117. The molecular weight excluding hydrogens is 685 g/mol. The van der Waals surface area contributed by atoms with Gasteiger partial charge in [-0.2, -0.15) is 0 Å². The van der Waals surface area contributed by atoms with Gasteiger partial charge in [-0.1, -0.05) is 234 Å². The first-order valence-electron chi connectivity index (χ1n) is 21.5. The maximum absolute atomic E-state index is 4.51.